The summed E-state index contributed by atoms with van der Waals surface area (Å²) in [4.78, 5) is 23.8. The highest BCUT2D eigenvalue weighted by molar-refractivity contribution is 7.89. The van der Waals surface area contributed by atoms with Crippen LogP contribution in [0, 0.1) is 5.92 Å². The Morgan fingerprint density at radius 2 is 1.86 bits per heavy atom. The molecule has 2 rings (SSSR count). The van der Waals surface area contributed by atoms with Crippen LogP contribution in [0.4, 0.5) is 0 Å². The quantitative estimate of drug-likeness (QED) is 0.623. The Labute approximate surface area is 165 Å². The Hall–Kier alpha value is -2.17. The molecule has 9 nitrogen and oxygen atoms in total. The van der Waals surface area contributed by atoms with Crippen LogP contribution in [0.3, 0.4) is 0 Å². The molecule has 2 amide bonds. The predicted octanol–water partition coefficient (Wildman–Crippen LogP) is 0.321. The number of benzene rings is 1. The molecule has 0 aliphatic carbocycles. The number of carbonyl (C=O) groups excluding carboxylic acids is 2. The Morgan fingerprint density at radius 3 is 2.46 bits per heavy atom. The van der Waals surface area contributed by atoms with Crippen LogP contribution in [0.1, 0.15) is 20.3 Å². The number of methoxy groups -OCH3 is 1. The van der Waals surface area contributed by atoms with Crippen molar-refractivity contribution in [3.05, 3.63) is 24.3 Å². The van der Waals surface area contributed by atoms with E-state index in [1.807, 2.05) is 13.8 Å². The number of hydrogen-bond donors (Lipinski definition) is 2. The van der Waals surface area contributed by atoms with E-state index in [2.05, 4.69) is 10.6 Å². The van der Waals surface area contributed by atoms with Crippen molar-refractivity contribution in [3.63, 3.8) is 0 Å². The summed E-state index contributed by atoms with van der Waals surface area (Å²) in [5.41, 5.74) is 0. The Bertz CT molecular complexity index is 779. The fraction of sp³-hybridized carbons (Fsp3) is 0.556. The van der Waals surface area contributed by atoms with Crippen molar-refractivity contribution < 1.29 is 27.5 Å². The molecule has 28 heavy (non-hydrogen) atoms. The van der Waals surface area contributed by atoms with Gasteiger partial charge in [0.1, 0.15) is 12.0 Å². The highest BCUT2D eigenvalue weighted by Crippen LogP contribution is 2.23. The molecule has 156 valence electrons. The highest BCUT2D eigenvalue weighted by atomic mass is 32.2. The van der Waals surface area contributed by atoms with Crippen molar-refractivity contribution in [3.8, 4) is 5.75 Å². The first-order chi connectivity index (χ1) is 13.3. The van der Waals surface area contributed by atoms with Crippen LogP contribution in [0.5, 0.6) is 5.75 Å². The fourth-order valence-corrected chi connectivity index (χ4v) is 4.19. The SMILES string of the molecule is COc1ccc(S(=O)(=O)N2CCCOC2CNC(=O)C(=O)NCC(C)C)cc1. The molecule has 1 heterocycles. The van der Waals surface area contributed by atoms with Crippen LogP contribution < -0.4 is 15.4 Å². The lowest BCUT2D eigenvalue weighted by atomic mass is 10.2. The molecule has 1 aliphatic heterocycles. The average molecular weight is 413 g/mol. The molecule has 1 unspecified atom stereocenters. The first-order valence-corrected chi connectivity index (χ1v) is 10.5. The number of rotatable bonds is 7. The summed E-state index contributed by atoms with van der Waals surface area (Å²) in [5.74, 6) is -0.820. The lowest BCUT2D eigenvalue weighted by molar-refractivity contribution is -0.140. The molecule has 0 saturated carbocycles. The van der Waals surface area contributed by atoms with E-state index in [9.17, 15) is 18.0 Å². The third-order valence-electron chi connectivity index (χ3n) is 4.13. The van der Waals surface area contributed by atoms with Crippen LogP contribution in [0.25, 0.3) is 0 Å². The topological polar surface area (TPSA) is 114 Å². The number of carbonyl (C=O) groups is 2. The van der Waals surface area contributed by atoms with Crippen LogP contribution in [0.15, 0.2) is 29.2 Å². The van der Waals surface area contributed by atoms with Gasteiger partial charge in [0.15, 0.2) is 0 Å². The molecule has 0 radical (unpaired) electrons. The van der Waals surface area contributed by atoms with Crippen LogP contribution in [-0.4, -0.2) is 64.1 Å². The van der Waals surface area contributed by atoms with Gasteiger partial charge in [-0.05, 0) is 36.6 Å². The van der Waals surface area contributed by atoms with E-state index >= 15 is 0 Å². The number of ether oxygens (including phenoxy) is 2. The summed E-state index contributed by atoms with van der Waals surface area (Å²) in [5, 5.41) is 4.96. The van der Waals surface area contributed by atoms with E-state index in [-0.39, 0.29) is 23.9 Å². The predicted molar refractivity (Wildman–Crippen MR) is 102 cm³/mol. The van der Waals surface area contributed by atoms with Gasteiger partial charge in [0.25, 0.3) is 0 Å². The van der Waals surface area contributed by atoms with Gasteiger partial charge in [-0.2, -0.15) is 4.31 Å². The third-order valence-corrected chi connectivity index (χ3v) is 6.04. The van der Waals surface area contributed by atoms with Gasteiger partial charge in [0.05, 0.1) is 25.2 Å². The van der Waals surface area contributed by atoms with E-state index in [4.69, 9.17) is 9.47 Å². The molecule has 2 N–H and O–H groups in total. The summed E-state index contributed by atoms with van der Waals surface area (Å²) >= 11 is 0. The van der Waals surface area contributed by atoms with E-state index in [1.165, 1.54) is 23.5 Å². The first-order valence-electron chi connectivity index (χ1n) is 9.09. The van der Waals surface area contributed by atoms with Crippen molar-refractivity contribution in [2.24, 2.45) is 5.92 Å². The lowest BCUT2D eigenvalue weighted by Gasteiger charge is -2.34. The van der Waals surface area contributed by atoms with Crippen molar-refractivity contribution in [2.45, 2.75) is 31.4 Å². The lowest BCUT2D eigenvalue weighted by Crippen LogP contribution is -2.53. The van der Waals surface area contributed by atoms with Gasteiger partial charge < -0.3 is 20.1 Å². The molecular formula is C18H27N3O6S. The number of nitrogens with one attached hydrogen (secondary N) is 2. The van der Waals surface area contributed by atoms with Gasteiger partial charge in [0.2, 0.25) is 10.0 Å². The zero-order valence-electron chi connectivity index (χ0n) is 16.3. The minimum Gasteiger partial charge on any atom is -0.497 e. The maximum atomic E-state index is 13.0. The number of sulfonamides is 1. The van der Waals surface area contributed by atoms with Gasteiger partial charge in [-0.3, -0.25) is 9.59 Å². The van der Waals surface area contributed by atoms with Crippen LogP contribution in [0.2, 0.25) is 0 Å². The monoisotopic (exact) mass is 413 g/mol. The largest absolute Gasteiger partial charge is 0.497 e. The average Bonchev–Trinajstić information content (AvgIpc) is 2.70. The van der Waals surface area contributed by atoms with Gasteiger partial charge >= 0.3 is 11.8 Å². The van der Waals surface area contributed by atoms with Gasteiger partial charge in [-0.15, -0.1) is 0 Å². The standard InChI is InChI=1S/C18H27N3O6S/c1-13(2)11-19-17(22)18(23)20-12-16-21(9-4-10-27-16)28(24,25)15-7-5-14(26-3)6-8-15/h5-8,13,16H,4,9-12H2,1-3H3,(H,19,22)(H,20,23). The third kappa shape index (κ3) is 5.66. The summed E-state index contributed by atoms with van der Waals surface area (Å²) in [6.45, 7) is 4.71. The maximum absolute atomic E-state index is 13.0. The zero-order chi connectivity index (χ0) is 20.7. The smallest absolute Gasteiger partial charge is 0.309 e. The summed E-state index contributed by atoms with van der Waals surface area (Å²) in [6, 6.07) is 6.04. The number of hydrogen-bond acceptors (Lipinski definition) is 6. The molecule has 0 bridgehead atoms. The van der Waals surface area contributed by atoms with E-state index < -0.39 is 28.1 Å². The highest BCUT2D eigenvalue weighted by Gasteiger charge is 2.35. The molecule has 1 aromatic carbocycles. The summed E-state index contributed by atoms with van der Waals surface area (Å²) < 4.78 is 37.7. The number of amides is 2. The molecule has 1 atom stereocenters. The molecule has 1 aliphatic rings. The van der Waals surface area contributed by atoms with Crippen LogP contribution in [-0.2, 0) is 24.3 Å². The van der Waals surface area contributed by atoms with Crippen molar-refractivity contribution >= 4 is 21.8 Å². The minimum absolute atomic E-state index is 0.102. The second-order valence-corrected chi connectivity index (χ2v) is 8.67. The van der Waals surface area contributed by atoms with E-state index in [0.717, 1.165) is 0 Å². The Kier molecular flexibility index (Phi) is 7.78. The van der Waals surface area contributed by atoms with E-state index in [1.54, 1.807) is 12.1 Å². The van der Waals surface area contributed by atoms with Crippen molar-refractivity contribution in [2.75, 3.05) is 33.4 Å². The summed E-state index contributed by atoms with van der Waals surface area (Å²) in [7, 11) is -2.33. The molecule has 0 aromatic heterocycles. The normalized spacial score (nSPS) is 17.9. The first kappa shape index (κ1) is 22.1. The molecule has 1 aromatic rings. The van der Waals surface area contributed by atoms with Gasteiger partial charge in [0, 0.05) is 13.1 Å². The van der Waals surface area contributed by atoms with Crippen molar-refractivity contribution in [1.29, 1.82) is 0 Å². The Balaban J connectivity index is 2.04. The zero-order valence-corrected chi connectivity index (χ0v) is 17.1. The summed E-state index contributed by atoms with van der Waals surface area (Å²) in [6.07, 6.45) is -0.350. The second-order valence-electron chi connectivity index (χ2n) is 6.78. The maximum Gasteiger partial charge on any atom is 0.309 e. The number of nitrogens with zero attached hydrogens (tertiary/aromatic N) is 1. The molecule has 1 saturated heterocycles. The van der Waals surface area contributed by atoms with Gasteiger partial charge in [-0.25, -0.2) is 8.42 Å². The molecule has 1 fully saturated rings. The minimum atomic E-state index is -3.82. The molecular weight excluding hydrogens is 386 g/mol. The van der Waals surface area contributed by atoms with E-state index in [0.29, 0.717) is 25.3 Å². The second kappa shape index (κ2) is 9.85. The van der Waals surface area contributed by atoms with Crippen LogP contribution >= 0.6 is 0 Å². The fourth-order valence-electron chi connectivity index (χ4n) is 2.62. The molecule has 10 heteroatoms. The Morgan fingerprint density at radius 1 is 1.21 bits per heavy atom. The molecule has 0 spiro atoms. The van der Waals surface area contributed by atoms with Gasteiger partial charge in [-0.1, -0.05) is 13.8 Å². The van der Waals surface area contributed by atoms with Crippen molar-refractivity contribution in [1.82, 2.24) is 14.9 Å².